The van der Waals surface area contributed by atoms with Crippen LogP contribution in [0.5, 0.6) is 5.75 Å². The first-order valence-corrected chi connectivity index (χ1v) is 10.8. The van der Waals surface area contributed by atoms with Crippen LogP contribution in [0.2, 0.25) is 0 Å². The van der Waals surface area contributed by atoms with Crippen LogP contribution in [0, 0.1) is 11.8 Å². The lowest BCUT2D eigenvalue weighted by Gasteiger charge is -2.51. The molecule has 5 heteroatoms. The van der Waals surface area contributed by atoms with Crippen LogP contribution in [0.4, 0.5) is 5.69 Å². The summed E-state index contributed by atoms with van der Waals surface area (Å²) in [6, 6.07) is 23.5. The Balaban J connectivity index is 1.62. The van der Waals surface area contributed by atoms with Crippen LogP contribution in [0.3, 0.4) is 0 Å². The van der Waals surface area contributed by atoms with Gasteiger partial charge in [0, 0.05) is 5.92 Å². The number of amides is 2. The SMILES string of the molecule is COc1ccccc1N1C(=O)[C@H]2C3c4ccccc4C(Br)(c4ccccc43)[C@H]2C1=O. The molecule has 1 saturated heterocycles. The standard InChI is InChI=1S/C25H18BrNO3/c1-30-19-13-7-6-12-18(19)27-23(28)21-20-14-8-2-4-10-16(14)25(26,22(21)24(27)29)17-11-5-3-9-15(17)20/h2-13,20-22H,1H3/t20?,21-,22+,25?/m0/s1. The van der Waals surface area contributed by atoms with Crippen molar-refractivity contribution in [2.45, 2.75) is 10.2 Å². The van der Waals surface area contributed by atoms with Gasteiger partial charge in [0.05, 0.1) is 29.0 Å². The number of carbonyl (C=O) groups excluding carboxylic acids is 2. The molecule has 30 heavy (non-hydrogen) atoms. The first kappa shape index (κ1) is 17.9. The van der Waals surface area contributed by atoms with Gasteiger partial charge in [0.1, 0.15) is 5.75 Å². The minimum atomic E-state index is -0.733. The van der Waals surface area contributed by atoms with Crippen LogP contribution >= 0.6 is 15.9 Å². The minimum absolute atomic E-state index is 0.141. The Bertz CT molecular complexity index is 1190. The van der Waals surface area contributed by atoms with Crippen LogP contribution in [0.1, 0.15) is 28.2 Å². The second-order valence-corrected chi connectivity index (χ2v) is 9.30. The summed E-state index contributed by atoms with van der Waals surface area (Å²) in [5.41, 5.74) is 4.92. The number of nitrogens with zero attached hydrogens (tertiary/aromatic N) is 1. The number of para-hydroxylation sites is 2. The fraction of sp³-hybridized carbons (Fsp3) is 0.200. The molecule has 0 saturated carbocycles. The third-order valence-corrected chi connectivity index (χ3v) is 8.19. The highest BCUT2D eigenvalue weighted by Crippen LogP contribution is 2.66. The van der Waals surface area contributed by atoms with Crippen LogP contribution in [-0.4, -0.2) is 18.9 Å². The van der Waals surface area contributed by atoms with Crippen LogP contribution in [-0.2, 0) is 13.9 Å². The Hall–Kier alpha value is -2.92. The van der Waals surface area contributed by atoms with E-state index in [2.05, 4.69) is 40.2 Å². The Morgan fingerprint density at radius 3 is 2.03 bits per heavy atom. The molecule has 0 unspecified atom stereocenters. The van der Waals surface area contributed by atoms with E-state index in [1.807, 2.05) is 36.4 Å². The summed E-state index contributed by atoms with van der Waals surface area (Å²) in [7, 11) is 1.55. The average Bonchev–Trinajstić information content (AvgIpc) is 3.05. The van der Waals surface area contributed by atoms with Gasteiger partial charge in [-0.25, -0.2) is 4.90 Å². The van der Waals surface area contributed by atoms with Crippen LogP contribution in [0.15, 0.2) is 72.8 Å². The molecule has 1 heterocycles. The Labute approximate surface area is 182 Å². The minimum Gasteiger partial charge on any atom is -0.495 e. The summed E-state index contributed by atoms with van der Waals surface area (Å²) in [4.78, 5) is 29.0. The molecule has 3 aliphatic carbocycles. The number of methoxy groups -OCH3 is 1. The molecule has 4 aliphatic rings. The van der Waals surface area contributed by atoms with Gasteiger partial charge in [0.15, 0.2) is 0 Å². The molecule has 0 spiro atoms. The number of carbonyl (C=O) groups is 2. The van der Waals surface area contributed by atoms with Crippen molar-refractivity contribution in [3.05, 3.63) is 95.1 Å². The molecule has 0 radical (unpaired) electrons. The molecule has 148 valence electrons. The second kappa shape index (κ2) is 6.05. The molecule has 4 nitrogen and oxygen atoms in total. The largest absolute Gasteiger partial charge is 0.495 e. The predicted octanol–water partition coefficient (Wildman–Crippen LogP) is 4.60. The van der Waals surface area contributed by atoms with Crippen molar-refractivity contribution in [3.63, 3.8) is 0 Å². The molecular formula is C25H18BrNO3. The number of imide groups is 1. The first-order chi connectivity index (χ1) is 14.6. The van der Waals surface area contributed by atoms with Crippen LogP contribution in [0.25, 0.3) is 0 Å². The van der Waals surface area contributed by atoms with Crippen molar-refractivity contribution < 1.29 is 14.3 Å². The highest BCUT2D eigenvalue weighted by molar-refractivity contribution is 9.09. The van der Waals surface area contributed by atoms with E-state index in [1.165, 1.54) is 4.90 Å². The van der Waals surface area contributed by atoms with Crippen molar-refractivity contribution in [1.82, 2.24) is 0 Å². The highest BCUT2D eigenvalue weighted by atomic mass is 79.9. The van der Waals surface area contributed by atoms with E-state index >= 15 is 0 Å². The van der Waals surface area contributed by atoms with Crippen molar-refractivity contribution in [3.8, 4) is 5.75 Å². The summed E-state index contributed by atoms with van der Waals surface area (Å²) >= 11 is 4.01. The third kappa shape index (κ3) is 1.96. The van der Waals surface area contributed by atoms with E-state index in [-0.39, 0.29) is 17.7 Å². The number of benzene rings is 3. The lowest BCUT2D eigenvalue weighted by atomic mass is 9.55. The fourth-order valence-corrected chi connectivity index (χ4v) is 6.93. The van der Waals surface area contributed by atoms with Gasteiger partial charge in [-0.1, -0.05) is 76.6 Å². The van der Waals surface area contributed by atoms with E-state index in [1.54, 1.807) is 19.2 Å². The molecule has 3 aromatic rings. The molecule has 2 atom stereocenters. The van der Waals surface area contributed by atoms with Crippen LogP contribution < -0.4 is 9.64 Å². The maximum atomic E-state index is 13.9. The number of anilines is 1. The monoisotopic (exact) mass is 459 g/mol. The maximum absolute atomic E-state index is 13.9. The molecule has 1 fully saturated rings. The lowest BCUT2D eigenvalue weighted by Crippen LogP contribution is -2.50. The summed E-state index contributed by atoms with van der Waals surface area (Å²) < 4.78 is 4.74. The summed E-state index contributed by atoms with van der Waals surface area (Å²) in [6.45, 7) is 0. The second-order valence-electron chi connectivity index (χ2n) is 8.05. The number of ether oxygens (including phenoxy) is 1. The zero-order valence-corrected chi connectivity index (χ0v) is 17.8. The van der Waals surface area contributed by atoms with Gasteiger partial charge >= 0.3 is 0 Å². The van der Waals surface area contributed by atoms with Gasteiger partial charge in [-0.05, 0) is 34.4 Å². The predicted molar refractivity (Wildman–Crippen MR) is 117 cm³/mol. The van der Waals surface area contributed by atoms with E-state index < -0.39 is 16.2 Å². The van der Waals surface area contributed by atoms with Crippen molar-refractivity contribution >= 4 is 33.4 Å². The number of alkyl halides is 1. The van der Waals surface area contributed by atoms with E-state index in [9.17, 15) is 9.59 Å². The van der Waals surface area contributed by atoms with E-state index in [0.717, 1.165) is 22.3 Å². The van der Waals surface area contributed by atoms with E-state index in [0.29, 0.717) is 11.4 Å². The molecule has 1 aliphatic heterocycles. The average molecular weight is 460 g/mol. The lowest BCUT2D eigenvalue weighted by molar-refractivity contribution is -0.122. The van der Waals surface area contributed by atoms with Gasteiger partial charge in [0.25, 0.3) is 0 Å². The first-order valence-electron chi connectivity index (χ1n) is 9.97. The quantitative estimate of drug-likeness (QED) is 0.415. The summed E-state index contributed by atoms with van der Waals surface area (Å²) in [5, 5.41) is 0. The number of halogens is 1. The molecule has 7 rings (SSSR count). The summed E-state index contributed by atoms with van der Waals surface area (Å²) in [6.07, 6.45) is 0. The molecule has 0 N–H and O–H groups in total. The highest BCUT2D eigenvalue weighted by Gasteiger charge is 2.67. The fourth-order valence-electron chi connectivity index (χ4n) is 5.73. The molecule has 0 aromatic heterocycles. The smallest absolute Gasteiger partial charge is 0.239 e. The number of hydrogen-bond donors (Lipinski definition) is 0. The molecule has 3 aromatic carbocycles. The van der Waals surface area contributed by atoms with Gasteiger partial charge in [-0.2, -0.15) is 0 Å². The van der Waals surface area contributed by atoms with Gasteiger partial charge < -0.3 is 4.74 Å². The molecular weight excluding hydrogens is 442 g/mol. The Morgan fingerprint density at radius 2 is 1.40 bits per heavy atom. The summed E-state index contributed by atoms with van der Waals surface area (Å²) in [5.74, 6) is -0.925. The Kier molecular flexibility index (Phi) is 3.61. The third-order valence-electron chi connectivity index (χ3n) is 6.84. The maximum Gasteiger partial charge on any atom is 0.239 e. The topological polar surface area (TPSA) is 46.6 Å². The van der Waals surface area contributed by atoms with Gasteiger partial charge in [-0.15, -0.1) is 0 Å². The van der Waals surface area contributed by atoms with Gasteiger partial charge in [0.2, 0.25) is 11.8 Å². The molecule has 2 bridgehead atoms. The van der Waals surface area contributed by atoms with Crippen molar-refractivity contribution in [2.24, 2.45) is 11.8 Å². The van der Waals surface area contributed by atoms with Gasteiger partial charge in [-0.3, -0.25) is 9.59 Å². The zero-order valence-electron chi connectivity index (χ0n) is 16.2. The van der Waals surface area contributed by atoms with Crippen molar-refractivity contribution in [1.29, 1.82) is 0 Å². The van der Waals surface area contributed by atoms with Crippen molar-refractivity contribution in [2.75, 3.05) is 12.0 Å². The number of rotatable bonds is 2. The molecule has 2 amide bonds. The zero-order chi connectivity index (χ0) is 20.6. The van der Waals surface area contributed by atoms with E-state index in [4.69, 9.17) is 4.74 Å². The Morgan fingerprint density at radius 1 is 0.833 bits per heavy atom. The normalized spacial score (nSPS) is 28.2. The number of hydrogen-bond acceptors (Lipinski definition) is 3.